The lowest BCUT2D eigenvalue weighted by Gasteiger charge is -2.15. The lowest BCUT2D eigenvalue weighted by Crippen LogP contribution is -2.27. The van der Waals surface area contributed by atoms with Gasteiger partial charge in [0.15, 0.2) is 0 Å². The van der Waals surface area contributed by atoms with Gasteiger partial charge >= 0.3 is 0 Å². The Labute approximate surface area is 97.2 Å². The third kappa shape index (κ3) is 4.19. The first-order chi connectivity index (χ1) is 7.77. The second kappa shape index (κ2) is 7.24. The lowest BCUT2D eigenvalue weighted by molar-refractivity contribution is -0.127. The molecule has 1 aliphatic heterocycles. The molecule has 1 heterocycles. The molecule has 1 aliphatic rings. The number of nitrogens with zero attached hydrogens (tertiary/aromatic N) is 2. The van der Waals surface area contributed by atoms with Crippen molar-refractivity contribution in [2.75, 3.05) is 26.3 Å². The summed E-state index contributed by atoms with van der Waals surface area (Å²) in [6.45, 7) is 4.98. The first kappa shape index (κ1) is 13.0. The molecule has 1 saturated heterocycles. The molecule has 0 aromatic carbocycles. The van der Waals surface area contributed by atoms with E-state index in [4.69, 9.17) is 10.00 Å². The minimum absolute atomic E-state index is 0.103. The number of hydrogen-bond donors (Lipinski definition) is 0. The maximum absolute atomic E-state index is 11.4. The van der Waals surface area contributed by atoms with Crippen molar-refractivity contribution in [2.45, 2.75) is 32.6 Å². The molecule has 1 amide bonds. The number of rotatable bonds is 7. The van der Waals surface area contributed by atoms with Gasteiger partial charge in [0, 0.05) is 32.7 Å². The minimum Gasteiger partial charge on any atom is -0.381 e. The Hall–Kier alpha value is -1.08. The maximum Gasteiger partial charge on any atom is 0.224 e. The summed E-state index contributed by atoms with van der Waals surface area (Å²) < 4.78 is 5.42. The second-order valence-electron chi connectivity index (χ2n) is 4.19. The van der Waals surface area contributed by atoms with Gasteiger partial charge < -0.3 is 9.64 Å². The van der Waals surface area contributed by atoms with Gasteiger partial charge in [0.25, 0.3) is 0 Å². The van der Waals surface area contributed by atoms with Crippen molar-refractivity contribution < 1.29 is 9.53 Å². The summed E-state index contributed by atoms with van der Waals surface area (Å²) in [6.07, 6.45) is 3.51. The summed E-state index contributed by atoms with van der Waals surface area (Å²) in [5, 5.41) is 8.72. The van der Waals surface area contributed by atoms with Crippen molar-refractivity contribution >= 4 is 5.91 Å². The molecule has 0 aromatic heterocycles. The zero-order chi connectivity index (χ0) is 11.8. The second-order valence-corrected chi connectivity index (χ2v) is 4.19. The smallest absolute Gasteiger partial charge is 0.224 e. The zero-order valence-corrected chi connectivity index (χ0v) is 9.95. The van der Waals surface area contributed by atoms with E-state index in [-0.39, 0.29) is 11.8 Å². The summed E-state index contributed by atoms with van der Waals surface area (Å²) in [5.41, 5.74) is 0. The summed E-state index contributed by atoms with van der Waals surface area (Å²) in [5.74, 6) is 0.00798. The van der Waals surface area contributed by atoms with Crippen LogP contribution in [0.4, 0.5) is 0 Å². The number of ether oxygens (including phenoxy) is 1. The highest BCUT2D eigenvalue weighted by Gasteiger charge is 2.28. The highest BCUT2D eigenvalue weighted by Crippen LogP contribution is 2.16. The molecule has 0 aromatic rings. The molecule has 0 aliphatic carbocycles. The lowest BCUT2D eigenvalue weighted by atomic mass is 10.1. The molecule has 4 nitrogen and oxygen atoms in total. The minimum atomic E-state index is -0.103. The van der Waals surface area contributed by atoms with Crippen LogP contribution >= 0.6 is 0 Å². The molecule has 1 rings (SSSR count). The van der Waals surface area contributed by atoms with E-state index in [0.717, 1.165) is 32.4 Å². The zero-order valence-electron chi connectivity index (χ0n) is 9.95. The predicted octanol–water partition coefficient (Wildman–Crippen LogP) is 1.57. The van der Waals surface area contributed by atoms with Gasteiger partial charge in [-0.05, 0) is 12.8 Å². The molecule has 0 bridgehead atoms. The largest absolute Gasteiger partial charge is 0.381 e. The van der Waals surface area contributed by atoms with E-state index in [2.05, 4.69) is 13.0 Å². The maximum atomic E-state index is 11.4. The molecular formula is C12H20N2O2. The van der Waals surface area contributed by atoms with Crippen molar-refractivity contribution in [2.24, 2.45) is 5.92 Å². The van der Waals surface area contributed by atoms with Crippen LogP contribution in [0.15, 0.2) is 0 Å². The molecule has 0 saturated carbocycles. The highest BCUT2D eigenvalue weighted by molar-refractivity contribution is 5.79. The molecule has 4 heteroatoms. The van der Waals surface area contributed by atoms with Gasteiger partial charge in [-0.2, -0.15) is 5.26 Å². The normalized spacial score (nSPS) is 20.1. The summed E-state index contributed by atoms with van der Waals surface area (Å²) >= 11 is 0. The Morgan fingerprint density at radius 2 is 2.25 bits per heavy atom. The van der Waals surface area contributed by atoms with Crippen LogP contribution in [0.3, 0.4) is 0 Å². The van der Waals surface area contributed by atoms with Gasteiger partial charge in [0.05, 0.1) is 12.0 Å². The Balaban J connectivity index is 2.05. The standard InChI is InChI=1S/C12H20N2O2/c1-2-3-6-16-7-4-5-14-10-11(9-13)8-12(14)15/h11H,2-8,10H2,1H3. The summed E-state index contributed by atoms with van der Waals surface area (Å²) in [6, 6.07) is 2.15. The quantitative estimate of drug-likeness (QED) is 0.617. The molecule has 1 fully saturated rings. The molecule has 1 atom stereocenters. The van der Waals surface area contributed by atoms with Gasteiger partial charge in [-0.1, -0.05) is 13.3 Å². The fraction of sp³-hybridized carbons (Fsp3) is 0.833. The van der Waals surface area contributed by atoms with Crippen LogP contribution in [0.2, 0.25) is 0 Å². The van der Waals surface area contributed by atoms with E-state index in [1.165, 1.54) is 0 Å². The van der Waals surface area contributed by atoms with E-state index in [0.29, 0.717) is 19.6 Å². The molecule has 0 N–H and O–H groups in total. The molecule has 16 heavy (non-hydrogen) atoms. The first-order valence-corrected chi connectivity index (χ1v) is 6.03. The Kier molecular flexibility index (Phi) is 5.87. The van der Waals surface area contributed by atoms with Crippen LogP contribution in [0.25, 0.3) is 0 Å². The number of unbranched alkanes of at least 4 members (excludes halogenated alkanes) is 1. The van der Waals surface area contributed by atoms with Crippen molar-refractivity contribution in [1.82, 2.24) is 4.90 Å². The van der Waals surface area contributed by atoms with Crippen LogP contribution < -0.4 is 0 Å². The van der Waals surface area contributed by atoms with E-state index in [1.807, 2.05) is 0 Å². The van der Waals surface area contributed by atoms with Crippen LogP contribution in [0.5, 0.6) is 0 Å². The van der Waals surface area contributed by atoms with Crippen molar-refractivity contribution in [3.63, 3.8) is 0 Å². The fourth-order valence-electron chi connectivity index (χ4n) is 1.78. The van der Waals surface area contributed by atoms with Crippen molar-refractivity contribution in [3.05, 3.63) is 0 Å². The number of hydrogen-bond acceptors (Lipinski definition) is 3. The van der Waals surface area contributed by atoms with Gasteiger partial charge in [-0.15, -0.1) is 0 Å². The average Bonchev–Trinajstić information content (AvgIpc) is 2.65. The Bertz CT molecular complexity index is 260. The van der Waals surface area contributed by atoms with Crippen molar-refractivity contribution in [3.8, 4) is 6.07 Å². The summed E-state index contributed by atoms with van der Waals surface area (Å²) in [4.78, 5) is 13.2. The molecular weight excluding hydrogens is 204 g/mol. The molecule has 1 unspecified atom stereocenters. The molecule has 0 radical (unpaired) electrons. The van der Waals surface area contributed by atoms with Gasteiger partial charge in [0.1, 0.15) is 0 Å². The number of nitriles is 1. The first-order valence-electron chi connectivity index (χ1n) is 6.03. The molecule has 90 valence electrons. The number of carbonyl (C=O) groups is 1. The number of likely N-dealkylation sites (tertiary alicyclic amines) is 1. The van der Waals surface area contributed by atoms with E-state index >= 15 is 0 Å². The third-order valence-corrected chi connectivity index (χ3v) is 2.76. The number of amides is 1. The van der Waals surface area contributed by atoms with Gasteiger partial charge in [-0.3, -0.25) is 4.79 Å². The Morgan fingerprint density at radius 1 is 1.50 bits per heavy atom. The van der Waals surface area contributed by atoms with Gasteiger partial charge in [0.2, 0.25) is 5.91 Å². The van der Waals surface area contributed by atoms with E-state index < -0.39 is 0 Å². The van der Waals surface area contributed by atoms with Gasteiger partial charge in [-0.25, -0.2) is 0 Å². The average molecular weight is 224 g/mol. The van der Waals surface area contributed by atoms with Crippen LogP contribution in [-0.4, -0.2) is 37.1 Å². The highest BCUT2D eigenvalue weighted by atomic mass is 16.5. The fourth-order valence-corrected chi connectivity index (χ4v) is 1.78. The SMILES string of the molecule is CCCCOCCCN1CC(C#N)CC1=O. The monoisotopic (exact) mass is 224 g/mol. The van der Waals surface area contributed by atoms with E-state index in [1.54, 1.807) is 4.90 Å². The van der Waals surface area contributed by atoms with Crippen LogP contribution in [-0.2, 0) is 9.53 Å². The third-order valence-electron chi connectivity index (χ3n) is 2.76. The summed E-state index contributed by atoms with van der Waals surface area (Å²) in [7, 11) is 0. The molecule has 0 spiro atoms. The van der Waals surface area contributed by atoms with Crippen molar-refractivity contribution in [1.29, 1.82) is 5.26 Å². The number of carbonyl (C=O) groups excluding carboxylic acids is 1. The predicted molar refractivity (Wildman–Crippen MR) is 60.6 cm³/mol. The van der Waals surface area contributed by atoms with Crippen LogP contribution in [0, 0.1) is 17.2 Å². The Morgan fingerprint density at radius 3 is 2.88 bits per heavy atom. The topological polar surface area (TPSA) is 53.3 Å². The van der Waals surface area contributed by atoms with E-state index in [9.17, 15) is 4.79 Å². The van der Waals surface area contributed by atoms with Crippen LogP contribution in [0.1, 0.15) is 32.6 Å².